The van der Waals surface area contributed by atoms with Crippen LogP contribution in [0.15, 0.2) is 29.4 Å². The van der Waals surface area contributed by atoms with E-state index in [-0.39, 0.29) is 52.0 Å². The van der Waals surface area contributed by atoms with Gasteiger partial charge in [0.2, 0.25) is 0 Å². The van der Waals surface area contributed by atoms with Gasteiger partial charge in [-0.2, -0.15) is 10.1 Å². The summed E-state index contributed by atoms with van der Waals surface area (Å²) in [6.45, 7) is -0.681. The highest BCUT2D eigenvalue weighted by Gasteiger charge is 2.59. The zero-order valence-corrected chi connectivity index (χ0v) is 15.6. The number of ether oxygens (including phenoxy) is 2. The number of hydrogen-bond donors (Lipinski definition) is 0. The van der Waals surface area contributed by atoms with Gasteiger partial charge in [-0.3, -0.25) is 9.59 Å². The second-order valence-electron chi connectivity index (χ2n) is 6.93. The minimum Gasteiger partial charge on any atom is -0.546 e. The second-order valence-corrected chi connectivity index (χ2v) is 7.33. The molecule has 4 atom stereocenters. The smallest absolute Gasteiger partial charge is 0.254 e. The zero-order chi connectivity index (χ0) is 20.0. The Labute approximate surface area is 165 Å². The Morgan fingerprint density at radius 2 is 1.93 bits per heavy atom. The normalized spacial score (nSPS) is 27.7. The maximum Gasteiger partial charge on any atom is 0.254 e. The minimum absolute atomic E-state index is 0.0519. The highest BCUT2D eigenvalue weighted by atomic mass is 35.5. The van der Waals surface area contributed by atoms with Gasteiger partial charge < -0.3 is 19.4 Å². The molecule has 2 fully saturated rings. The van der Waals surface area contributed by atoms with Gasteiger partial charge in [-0.1, -0.05) is 23.8 Å². The van der Waals surface area contributed by atoms with Crippen LogP contribution in [0, 0.1) is 23.7 Å². The predicted octanol–water partition coefficient (Wildman–Crippen LogP) is 0.618. The minimum atomic E-state index is -1.40. The first-order chi connectivity index (χ1) is 13.4. The number of benzene rings is 1. The lowest BCUT2D eigenvalue weighted by molar-refractivity contribution is -0.307. The molecule has 1 saturated heterocycles. The molecule has 2 bridgehead atoms. The average molecular weight is 404 g/mol. The van der Waals surface area contributed by atoms with Crippen LogP contribution in [-0.2, 0) is 14.4 Å². The van der Waals surface area contributed by atoms with Crippen molar-refractivity contribution in [2.75, 3.05) is 13.7 Å². The lowest BCUT2D eigenvalue weighted by atomic mass is 9.85. The first-order valence-corrected chi connectivity index (χ1v) is 9.08. The van der Waals surface area contributed by atoms with E-state index in [1.165, 1.54) is 25.5 Å². The Kier molecular flexibility index (Phi) is 4.58. The van der Waals surface area contributed by atoms with Crippen molar-refractivity contribution in [2.24, 2.45) is 28.8 Å². The standard InChI is InChI=1S/C19H17ClN2O6/c1-27-13-5-9(4-12(20)17(13)28-8-14(23)24)7-21-22-18(25)15-10-2-3-11(6-10)16(15)19(22)26/h2-5,7,10-11,15-16H,6,8H2,1H3,(H,23,24)/p-1/b21-7-/t10-,11-,15-,16+/m1/s1. The van der Waals surface area contributed by atoms with Crippen molar-refractivity contribution in [3.8, 4) is 11.5 Å². The average Bonchev–Trinajstić information content (AvgIpc) is 3.33. The molecule has 1 heterocycles. The summed E-state index contributed by atoms with van der Waals surface area (Å²) in [6, 6.07) is 2.98. The van der Waals surface area contributed by atoms with Gasteiger partial charge in [0.15, 0.2) is 11.5 Å². The molecule has 1 aromatic rings. The lowest BCUT2D eigenvalue weighted by Crippen LogP contribution is -2.29. The van der Waals surface area contributed by atoms with Crippen LogP contribution in [0.2, 0.25) is 5.02 Å². The van der Waals surface area contributed by atoms with Crippen molar-refractivity contribution in [2.45, 2.75) is 6.42 Å². The van der Waals surface area contributed by atoms with E-state index in [1.54, 1.807) is 0 Å². The molecule has 1 saturated carbocycles. The van der Waals surface area contributed by atoms with E-state index in [2.05, 4.69) is 5.10 Å². The molecule has 146 valence electrons. The lowest BCUT2D eigenvalue weighted by Gasteiger charge is -2.14. The summed E-state index contributed by atoms with van der Waals surface area (Å²) in [5.41, 5.74) is 0.460. The molecule has 9 heteroatoms. The van der Waals surface area contributed by atoms with Gasteiger partial charge in [0.05, 0.1) is 36.2 Å². The summed E-state index contributed by atoms with van der Waals surface area (Å²) >= 11 is 6.14. The number of aliphatic carboxylic acids is 1. The molecule has 0 N–H and O–H groups in total. The number of hydrazone groups is 1. The molecule has 28 heavy (non-hydrogen) atoms. The van der Waals surface area contributed by atoms with Crippen molar-refractivity contribution in [1.82, 2.24) is 5.01 Å². The van der Waals surface area contributed by atoms with Crippen LogP contribution in [0.25, 0.3) is 0 Å². The Bertz CT molecular complexity index is 897. The third-order valence-electron chi connectivity index (χ3n) is 5.36. The fourth-order valence-electron chi connectivity index (χ4n) is 4.21. The van der Waals surface area contributed by atoms with E-state index in [9.17, 15) is 19.5 Å². The number of methoxy groups -OCH3 is 1. The van der Waals surface area contributed by atoms with Crippen LogP contribution >= 0.6 is 11.6 Å². The molecule has 0 unspecified atom stereocenters. The number of imide groups is 1. The van der Waals surface area contributed by atoms with Crippen LogP contribution in [0.4, 0.5) is 0 Å². The largest absolute Gasteiger partial charge is 0.546 e. The maximum absolute atomic E-state index is 12.6. The summed E-state index contributed by atoms with van der Waals surface area (Å²) < 4.78 is 10.2. The van der Waals surface area contributed by atoms with E-state index in [0.29, 0.717) is 5.56 Å². The molecule has 1 aliphatic heterocycles. The third-order valence-corrected chi connectivity index (χ3v) is 5.64. The van der Waals surface area contributed by atoms with Gasteiger partial charge in [0, 0.05) is 0 Å². The van der Waals surface area contributed by atoms with Crippen LogP contribution in [0.5, 0.6) is 11.5 Å². The Morgan fingerprint density at radius 1 is 1.29 bits per heavy atom. The molecule has 2 aliphatic carbocycles. The maximum atomic E-state index is 12.6. The van der Waals surface area contributed by atoms with E-state index < -0.39 is 12.6 Å². The van der Waals surface area contributed by atoms with Gasteiger partial charge in [0.25, 0.3) is 11.8 Å². The number of fused-ring (bicyclic) bond motifs is 5. The predicted molar refractivity (Wildman–Crippen MR) is 95.7 cm³/mol. The van der Waals surface area contributed by atoms with Crippen molar-refractivity contribution in [1.29, 1.82) is 0 Å². The molecule has 8 nitrogen and oxygen atoms in total. The van der Waals surface area contributed by atoms with Gasteiger partial charge in [-0.25, -0.2) is 0 Å². The Balaban J connectivity index is 1.55. The van der Waals surface area contributed by atoms with Gasteiger partial charge in [-0.05, 0) is 36.0 Å². The van der Waals surface area contributed by atoms with Crippen LogP contribution in [0.1, 0.15) is 12.0 Å². The van der Waals surface area contributed by atoms with Crippen LogP contribution in [0.3, 0.4) is 0 Å². The van der Waals surface area contributed by atoms with Crippen molar-refractivity contribution < 1.29 is 29.0 Å². The number of halogens is 1. The Hall–Kier alpha value is -2.87. The molecule has 2 amide bonds. The van der Waals surface area contributed by atoms with Crippen LogP contribution in [-0.4, -0.2) is 42.7 Å². The summed E-state index contributed by atoms with van der Waals surface area (Å²) in [6.07, 6.45) is 6.22. The quantitative estimate of drug-likeness (QED) is 0.391. The van der Waals surface area contributed by atoms with Crippen molar-refractivity contribution in [3.05, 3.63) is 34.9 Å². The summed E-state index contributed by atoms with van der Waals surface area (Å²) in [5.74, 6) is -2.14. The van der Waals surface area contributed by atoms with E-state index in [0.717, 1.165) is 11.4 Å². The number of nitrogens with zero attached hydrogens (tertiary/aromatic N) is 2. The molecule has 0 spiro atoms. The molecular weight excluding hydrogens is 388 g/mol. The summed E-state index contributed by atoms with van der Waals surface area (Å²) in [4.78, 5) is 35.8. The highest BCUT2D eigenvalue weighted by molar-refractivity contribution is 6.32. The van der Waals surface area contributed by atoms with Crippen LogP contribution < -0.4 is 14.6 Å². The summed E-state index contributed by atoms with van der Waals surface area (Å²) in [5, 5.41) is 15.7. The molecule has 4 rings (SSSR count). The number of carboxylic acids is 1. The number of amides is 2. The topological polar surface area (TPSA) is 108 Å². The molecule has 0 aromatic heterocycles. The van der Waals surface area contributed by atoms with E-state index >= 15 is 0 Å². The van der Waals surface area contributed by atoms with E-state index in [1.807, 2.05) is 12.2 Å². The molecule has 1 aromatic carbocycles. The molecule has 3 aliphatic rings. The number of hydrogen-bond acceptors (Lipinski definition) is 7. The number of carbonyl (C=O) groups excluding carboxylic acids is 3. The van der Waals surface area contributed by atoms with E-state index in [4.69, 9.17) is 21.1 Å². The number of allylic oxidation sites excluding steroid dienone is 2. The summed E-state index contributed by atoms with van der Waals surface area (Å²) in [7, 11) is 1.37. The second kappa shape index (κ2) is 6.94. The number of rotatable bonds is 6. The van der Waals surface area contributed by atoms with Crippen molar-refractivity contribution in [3.63, 3.8) is 0 Å². The first-order valence-electron chi connectivity index (χ1n) is 8.71. The zero-order valence-electron chi connectivity index (χ0n) is 14.8. The SMILES string of the molecule is COc1cc(/C=N\N2C(=O)[C@@H]3[C@H](C2=O)[C@@H]2C=C[C@@H]3C2)cc(Cl)c1OCC(=O)[O-]. The van der Waals surface area contributed by atoms with Crippen molar-refractivity contribution >= 4 is 35.6 Å². The van der Waals surface area contributed by atoms with Gasteiger partial charge >= 0.3 is 0 Å². The van der Waals surface area contributed by atoms with Gasteiger partial charge in [0.1, 0.15) is 6.61 Å². The fraction of sp³-hybridized carbons (Fsp3) is 0.368. The molecular formula is C19H16ClN2O6-. The number of carboxylic acid groups (broad SMARTS) is 1. The Morgan fingerprint density at radius 3 is 2.50 bits per heavy atom. The molecule has 0 radical (unpaired) electrons. The fourth-order valence-corrected chi connectivity index (χ4v) is 4.48. The third kappa shape index (κ3) is 2.93. The highest BCUT2D eigenvalue weighted by Crippen LogP contribution is 2.52. The monoisotopic (exact) mass is 403 g/mol. The number of carbonyl (C=O) groups is 3. The first kappa shape index (κ1) is 18.5. The van der Waals surface area contributed by atoms with Gasteiger partial charge in [-0.15, -0.1) is 0 Å².